The summed E-state index contributed by atoms with van der Waals surface area (Å²) in [5.41, 5.74) is 2.67. The van der Waals surface area contributed by atoms with E-state index < -0.39 is 0 Å². The Bertz CT molecular complexity index is 1210. The third-order valence-corrected chi connectivity index (χ3v) is 7.42. The van der Waals surface area contributed by atoms with Crippen LogP contribution < -0.4 is 14.5 Å². The van der Waals surface area contributed by atoms with Crippen molar-refractivity contribution >= 4 is 51.7 Å². The molecule has 2 aliphatic rings. The lowest BCUT2D eigenvalue weighted by atomic mass is 10.3. The van der Waals surface area contributed by atoms with Crippen LogP contribution in [0.2, 0.25) is 0 Å². The fourth-order valence-electron chi connectivity index (χ4n) is 3.45. The van der Waals surface area contributed by atoms with E-state index in [9.17, 15) is 4.79 Å². The van der Waals surface area contributed by atoms with Crippen LogP contribution in [0.1, 0.15) is 0 Å². The molecule has 0 N–H and O–H groups in total. The Hall–Kier alpha value is -3.16. The van der Waals surface area contributed by atoms with Gasteiger partial charge in [-0.2, -0.15) is 0 Å². The minimum Gasteiger partial charge on any atom is -0.497 e. The quantitative estimate of drug-likeness (QED) is 0.472. The fourth-order valence-corrected chi connectivity index (χ4v) is 5.80. The Morgan fingerprint density at radius 1 is 0.871 bits per heavy atom. The molecule has 31 heavy (non-hydrogen) atoms. The molecule has 5 nitrogen and oxygen atoms in total. The minimum absolute atomic E-state index is 0.0642. The van der Waals surface area contributed by atoms with Crippen molar-refractivity contribution in [2.75, 3.05) is 24.0 Å². The van der Waals surface area contributed by atoms with Crippen LogP contribution in [-0.2, 0) is 4.79 Å². The first kappa shape index (κ1) is 19.8. The highest BCUT2D eigenvalue weighted by atomic mass is 32.2. The number of benzene rings is 3. The summed E-state index contributed by atoms with van der Waals surface area (Å²) in [7, 11) is 3.64. The van der Waals surface area contributed by atoms with E-state index >= 15 is 0 Å². The molecule has 3 aromatic rings. The first-order valence-corrected chi connectivity index (χ1v) is 11.3. The number of para-hydroxylation sites is 2. The Labute approximate surface area is 189 Å². The van der Waals surface area contributed by atoms with E-state index in [4.69, 9.17) is 9.73 Å². The third-order valence-electron chi connectivity index (χ3n) is 5.03. The fraction of sp³-hybridized carbons (Fsp3) is 0.0833. The molecule has 2 aliphatic heterocycles. The molecule has 0 unspecified atom stereocenters. The van der Waals surface area contributed by atoms with Crippen LogP contribution in [0.4, 0.5) is 17.1 Å². The van der Waals surface area contributed by atoms with E-state index in [2.05, 4.69) is 17.0 Å². The van der Waals surface area contributed by atoms with Gasteiger partial charge >= 0.3 is 0 Å². The zero-order valence-electron chi connectivity index (χ0n) is 17.0. The Morgan fingerprint density at radius 2 is 1.58 bits per heavy atom. The summed E-state index contributed by atoms with van der Waals surface area (Å²) in [6.45, 7) is 0. The van der Waals surface area contributed by atoms with Crippen LogP contribution in [0.3, 0.4) is 0 Å². The molecular formula is C24H19N3O2S2. The lowest BCUT2D eigenvalue weighted by Crippen LogP contribution is -2.29. The number of rotatable bonds is 3. The number of anilines is 2. The molecule has 0 radical (unpaired) electrons. The molecule has 5 rings (SSSR count). The minimum atomic E-state index is -0.0642. The SMILES string of the molecule is COc1ccc(N=C2SC(=C3Sc4ccccc4N3C)C(=O)N2c2ccccc2)cc1. The van der Waals surface area contributed by atoms with E-state index in [0.29, 0.717) is 10.1 Å². The van der Waals surface area contributed by atoms with Crippen molar-refractivity contribution in [2.24, 2.45) is 4.99 Å². The normalized spacial score (nSPS) is 19.3. The van der Waals surface area contributed by atoms with E-state index in [1.54, 1.807) is 23.8 Å². The molecule has 0 bridgehead atoms. The Balaban J connectivity index is 1.59. The molecule has 0 aliphatic carbocycles. The average molecular weight is 446 g/mol. The summed E-state index contributed by atoms with van der Waals surface area (Å²) in [5, 5.41) is 1.56. The number of fused-ring (bicyclic) bond motifs is 1. The van der Waals surface area contributed by atoms with Gasteiger partial charge in [-0.3, -0.25) is 9.69 Å². The summed E-state index contributed by atoms with van der Waals surface area (Å²) in [6, 6.07) is 25.3. The maximum absolute atomic E-state index is 13.6. The highest BCUT2D eigenvalue weighted by molar-refractivity contribution is 8.20. The van der Waals surface area contributed by atoms with Gasteiger partial charge in [0.1, 0.15) is 10.7 Å². The molecule has 1 amide bonds. The van der Waals surface area contributed by atoms with Gasteiger partial charge in [-0.15, -0.1) is 0 Å². The molecule has 0 saturated carbocycles. The topological polar surface area (TPSA) is 45.1 Å². The lowest BCUT2D eigenvalue weighted by molar-refractivity contribution is -0.113. The van der Waals surface area contributed by atoms with Crippen LogP contribution >= 0.6 is 23.5 Å². The second-order valence-corrected chi connectivity index (χ2v) is 8.94. The van der Waals surface area contributed by atoms with Gasteiger partial charge in [0.25, 0.3) is 5.91 Å². The van der Waals surface area contributed by atoms with Crippen LogP contribution in [0.25, 0.3) is 0 Å². The Kier molecular flexibility index (Phi) is 5.21. The number of carbonyl (C=O) groups is 1. The number of ether oxygens (including phenoxy) is 1. The molecule has 0 aromatic heterocycles. The average Bonchev–Trinajstić information content (AvgIpc) is 3.31. The monoisotopic (exact) mass is 445 g/mol. The van der Waals surface area contributed by atoms with Crippen molar-refractivity contribution < 1.29 is 9.53 Å². The highest BCUT2D eigenvalue weighted by Crippen LogP contribution is 2.50. The molecule has 0 atom stereocenters. The van der Waals surface area contributed by atoms with Crippen molar-refractivity contribution in [3.63, 3.8) is 0 Å². The molecule has 2 heterocycles. The summed E-state index contributed by atoms with van der Waals surface area (Å²) >= 11 is 3.03. The highest BCUT2D eigenvalue weighted by Gasteiger charge is 2.39. The van der Waals surface area contributed by atoms with Crippen molar-refractivity contribution in [1.82, 2.24) is 0 Å². The number of hydrogen-bond acceptors (Lipinski definition) is 6. The van der Waals surface area contributed by atoms with Crippen molar-refractivity contribution in [3.05, 3.63) is 88.8 Å². The van der Waals surface area contributed by atoms with Gasteiger partial charge in [0, 0.05) is 11.9 Å². The molecule has 154 valence electrons. The summed E-state index contributed by atoms with van der Waals surface area (Å²) in [4.78, 5) is 24.0. The van der Waals surface area contributed by atoms with Gasteiger partial charge in [0.05, 0.1) is 29.2 Å². The van der Waals surface area contributed by atoms with E-state index in [1.807, 2.05) is 73.8 Å². The molecule has 1 fully saturated rings. The number of nitrogens with zero attached hydrogens (tertiary/aromatic N) is 3. The summed E-state index contributed by atoms with van der Waals surface area (Å²) < 4.78 is 5.24. The largest absolute Gasteiger partial charge is 0.497 e. The van der Waals surface area contributed by atoms with Crippen LogP contribution in [-0.4, -0.2) is 25.2 Å². The number of carbonyl (C=O) groups excluding carboxylic acids is 1. The number of amidine groups is 1. The lowest BCUT2D eigenvalue weighted by Gasteiger charge is -2.16. The van der Waals surface area contributed by atoms with Gasteiger partial charge in [-0.1, -0.05) is 42.1 Å². The third kappa shape index (κ3) is 3.60. The number of amides is 1. The molecular weight excluding hydrogens is 426 g/mol. The van der Waals surface area contributed by atoms with E-state index in [-0.39, 0.29) is 5.91 Å². The summed E-state index contributed by atoms with van der Waals surface area (Å²) in [6.07, 6.45) is 0. The van der Waals surface area contributed by atoms with Crippen molar-refractivity contribution in [1.29, 1.82) is 0 Å². The van der Waals surface area contributed by atoms with E-state index in [0.717, 1.165) is 32.7 Å². The van der Waals surface area contributed by atoms with Gasteiger partial charge in [-0.25, -0.2) is 4.99 Å². The number of aliphatic imine (C=N–C) groups is 1. The van der Waals surface area contributed by atoms with Gasteiger partial charge in [-0.05, 0) is 60.3 Å². The zero-order chi connectivity index (χ0) is 21.4. The van der Waals surface area contributed by atoms with Crippen LogP contribution in [0, 0.1) is 0 Å². The standard InChI is InChI=1S/C24H19N3O2S2/c1-26-19-10-6-7-11-20(19)30-23(26)21-22(28)27(17-8-4-3-5-9-17)24(31-21)25-16-12-14-18(29-2)15-13-16/h3-15H,1-2H3. The summed E-state index contributed by atoms with van der Waals surface area (Å²) in [5.74, 6) is 0.703. The number of thioether (sulfide) groups is 2. The first-order chi connectivity index (χ1) is 15.2. The first-order valence-electron chi connectivity index (χ1n) is 9.70. The van der Waals surface area contributed by atoms with Crippen LogP contribution in [0.5, 0.6) is 5.75 Å². The smallest absolute Gasteiger partial charge is 0.274 e. The number of methoxy groups -OCH3 is 1. The molecule has 0 spiro atoms. The molecule has 1 saturated heterocycles. The predicted molar refractivity (Wildman–Crippen MR) is 129 cm³/mol. The van der Waals surface area contributed by atoms with Crippen molar-refractivity contribution in [3.8, 4) is 5.75 Å². The second kappa shape index (κ2) is 8.17. The van der Waals surface area contributed by atoms with Crippen LogP contribution in [0.15, 0.2) is 98.7 Å². The van der Waals surface area contributed by atoms with Gasteiger partial charge in [0.15, 0.2) is 5.17 Å². The van der Waals surface area contributed by atoms with Gasteiger partial charge in [0.2, 0.25) is 0 Å². The zero-order valence-corrected chi connectivity index (χ0v) is 18.6. The predicted octanol–water partition coefficient (Wildman–Crippen LogP) is 5.87. The molecule has 3 aromatic carbocycles. The van der Waals surface area contributed by atoms with Gasteiger partial charge < -0.3 is 9.64 Å². The van der Waals surface area contributed by atoms with E-state index in [1.165, 1.54) is 11.8 Å². The Morgan fingerprint density at radius 3 is 2.29 bits per heavy atom. The maximum Gasteiger partial charge on any atom is 0.274 e. The molecule has 7 heteroatoms. The number of hydrogen-bond donors (Lipinski definition) is 0. The van der Waals surface area contributed by atoms with Crippen molar-refractivity contribution in [2.45, 2.75) is 4.90 Å². The second-order valence-electron chi connectivity index (χ2n) is 6.93. The maximum atomic E-state index is 13.6.